The highest BCUT2D eigenvalue weighted by Gasteiger charge is 2.36. The van der Waals surface area contributed by atoms with Gasteiger partial charge in [0.1, 0.15) is 0 Å². The third-order valence-corrected chi connectivity index (χ3v) is 4.08. The van der Waals surface area contributed by atoms with Gasteiger partial charge in [-0.15, -0.1) is 0 Å². The number of benzene rings is 1. The molecule has 0 radical (unpaired) electrons. The molecule has 1 aliphatic rings. The van der Waals surface area contributed by atoms with Crippen LogP contribution in [0.4, 0.5) is 0 Å². The third kappa shape index (κ3) is 3.64. The molecular formula is C14H18Cl2N2O2. The van der Waals surface area contributed by atoms with E-state index in [9.17, 15) is 9.90 Å². The van der Waals surface area contributed by atoms with Gasteiger partial charge in [-0.3, -0.25) is 4.79 Å². The van der Waals surface area contributed by atoms with Gasteiger partial charge in [-0.05, 0) is 43.7 Å². The van der Waals surface area contributed by atoms with Gasteiger partial charge in [-0.2, -0.15) is 0 Å². The van der Waals surface area contributed by atoms with E-state index in [1.54, 1.807) is 18.2 Å². The summed E-state index contributed by atoms with van der Waals surface area (Å²) in [6, 6.07) is 4.88. The van der Waals surface area contributed by atoms with E-state index in [1.165, 1.54) is 0 Å². The number of halogens is 2. The van der Waals surface area contributed by atoms with E-state index in [0.29, 0.717) is 22.2 Å². The van der Waals surface area contributed by atoms with Gasteiger partial charge < -0.3 is 15.7 Å². The highest BCUT2D eigenvalue weighted by molar-refractivity contribution is 6.34. The minimum absolute atomic E-state index is 0.0466. The van der Waals surface area contributed by atoms with Crippen LogP contribution in [0.5, 0.6) is 0 Å². The zero-order valence-electron chi connectivity index (χ0n) is 11.2. The molecule has 0 spiro atoms. The van der Waals surface area contributed by atoms with Crippen LogP contribution in [-0.4, -0.2) is 30.6 Å². The van der Waals surface area contributed by atoms with E-state index in [2.05, 4.69) is 10.6 Å². The molecule has 1 aliphatic heterocycles. The Morgan fingerprint density at radius 3 is 2.65 bits per heavy atom. The van der Waals surface area contributed by atoms with E-state index >= 15 is 0 Å². The number of rotatable bonds is 4. The normalized spacial score (nSPS) is 23.6. The Labute approximate surface area is 128 Å². The molecule has 1 aromatic carbocycles. The molecule has 0 bridgehead atoms. The van der Waals surface area contributed by atoms with Gasteiger partial charge in [0, 0.05) is 23.1 Å². The topological polar surface area (TPSA) is 61.4 Å². The highest BCUT2D eigenvalue weighted by atomic mass is 35.5. The van der Waals surface area contributed by atoms with Crippen molar-refractivity contribution in [2.45, 2.75) is 19.4 Å². The summed E-state index contributed by atoms with van der Waals surface area (Å²) in [4.78, 5) is 12.1. The number of hydrogen-bond donors (Lipinski definition) is 3. The van der Waals surface area contributed by atoms with Crippen molar-refractivity contribution in [3.05, 3.63) is 33.8 Å². The van der Waals surface area contributed by atoms with E-state index in [1.807, 2.05) is 6.92 Å². The zero-order chi connectivity index (χ0) is 14.8. The molecule has 2 rings (SSSR count). The lowest BCUT2D eigenvalue weighted by Crippen LogP contribution is -2.41. The molecular weight excluding hydrogens is 299 g/mol. The minimum Gasteiger partial charge on any atom is -0.387 e. The molecule has 2 atom stereocenters. The summed E-state index contributed by atoms with van der Waals surface area (Å²) < 4.78 is 0. The van der Waals surface area contributed by atoms with Crippen molar-refractivity contribution in [2.75, 3.05) is 19.6 Å². The fourth-order valence-electron chi connectivity index (χ4n) is 2.30. The number of hydrogen-bond acceptors (Lipinski definition) is 3. The van der Waals surface area contributed by atoms with E-state index < -0.39 is 11.5 Å². The van der Waals surface area contributed by atoms with Crippen LogP contribution in [0.3, 0.4) is 0 Å². The summed E-state index contributed by atoms with van der Waals surface area (Å²) in [5.41, 5.74) is 0.198. The van der Waals surface area contributed by atoms with Crippen LogP contribution in [0.15, 0.2) is 18.2 Å². The molecule has 1 heterocycles. The Bertz CT molecular complexity index is 482. The molecule has 6 heteroatoms. The van der Waals surface area contributed by atoms with Crippen molar-refractivity contribution < 1.29 is 9.90 Å². The van der Waals surface area contributed by atoms with E-state index in [4.69, 9.17) is 23.2 Å². The number of aliphatic hydroxyl groups excluding tert-OH is 1. The molecule has 0 saturated carbocycles. The van der Waals surface area contributed by atoms with Crippen molar-refractivity contribution in [1.29, 1.82) is 0 Å². The Balaban J connectivity index is 1.94. The molecule has 0 aromatic heterocycles. The number of nitrogens with one attached hydrogen (secondary N) is 2. The maximum atomic E-state index is 12.1. The van der Waals surface area contributed by atoms with Crippen LogP contribution >= 0.6 is 23.2 Å². The van der Waals surface area contributed by atoms with Crippen LogP contribution in [0.1, 0.15) is 25.0 Å². The van der Waals surface area contributed by atoms with Crippen LogP contribution in [0, 0.1) is 5.41 Å². The summed E-state index contributed by atoms with van der Waals surface area (Å²) in [6.45, 7) is 3.57. The molecule has 1 aromatic rings. The highest BCUT2D eigenvalue weighted by Crippen LogP contribution is 2.26. The summed E-state index contributed by atoms with van der Waals surface area (Å²) in [7, 11) is 0. The van der Waals surface area contributed by atoms with E-state index in [-0.39, 0.29) is 12.5 Å². The van der Waals surface area contributed by atoms with Gasteiger partial charge in [-0.1, -0.05) is 23.2 Å². The summed E-state index contributed by atoms with van der Waals surface area (Å²) >= 11 is 11.8. The molecule has 1 saturated heterocycles. The average Bonchev–Trinajstić information content (AvgIpc) is 2.82. The standard InChI is InChI=1S/C14H18Cl2N2O2/c1-14(2-3-17-8-14)13(20)18-7-12(19)9-4-10(15)6-11(16)5-9/h4-6,12,17,19H,2-3,7-8H2,1H3,(H,18,20). The Morgan fingerprint density at radius 2 is 2.10 bits per heavy atom. The predicted octanol–water partition coefficient (Wildman–Crippen LogP) is 2.14. The number of aliphatic hydroxyl groups is 1. The smallest absolute Gasteiger partial charge is 0.227 e. The number of amides is 1. The summed E-state index contributed by atoms with van der Waals surface area (Å²) in [5, 5.41) is 17.0. The van der Waals surface area contributed by atoms with Crippen LogP contribution in [0.25, 0.3) is 0 Å². The third-order valence-electron chi connectivity index (χ3n) is 3.64. The van der Waals surface area contributed by atoms with Crippen molar-refractivity contribution in [2.24, 2.45) is 5.41 Å². The number of carbonyl (C=O) groups is 1. The first kappa shape index (κ1) is 15.6. The van der Waals surface area contributed by atoms with Crippen LogP contribution in [-0.2, 0) is 4.79 Å². The quantitative estimate of drug-likeness (QED) is 0.797. The Hall–Kier alpha value is -0.810. The van der Waals surface area contributed by atoms with Gasteiger partial charge >= 0.3 is 0 Å². The van der Waals surface area contributed by atoms with Gasteiger partial charge in [0.05, 0.1) is 11.5 Å². The molecule has 4 nitrogen and oxygen atoms in total. The largest absolute Gasteiger partial charge is 0.387 e. The predicted molar refractivity (Wildman–Crippen MR) is 80.0 cm³/mol. The van der Waals surface area contributed by atoms with Gasteiger partial charge in [-0.25, -0.2) is 0 Å². The second-order valence-corrected chi connectivity index (χ2v) is 6.29. The molecule has 20 heavy (non-hydrogen) atoms. The van der Waals surface area contributed by atoms with Crippen molar-refractivity contribution >= 4 is 29.1 Å². The Kier molecular flexibility index (Phi) is 4.91. The lowest BCUT2D eigenvalue weighted by Gasteiger charge is -2.22. The SMILES string of the molecule is CC1(C(=O)NCC(O)c2cc(Cl)cc(Cl)c2)CCNC1. The fourth-order valence-corrected chi connectivity index (χ4v) is 2.84. The lowest BCUT2D eigenvalue weighted by molar-refractivity contribution is -0.129. The summed E-state index contributed by atoms with van der Waals surface area (Å²) in [5.74, 6) is -0.0466. The summed E-state index contributed by atoms with van der Waals surface area (Å²) in [6.07, 6.45) is -0.0223. The van der Waals surface area contributed by atoms with Crippen molar-refractivity contribution in [3.8, 4) is 0 Å². The van der Waals surface area contributed by atoms with Crippen molar-refractivity contribution in [1.82, 2.24) is 10.6 Å². The fraction of sp³-hybridized carbons (Fsp3) is 0.500. The second kappa shape index (κ2) is 6.31. The first-order chi connectivity index (χ1) is 9.40. The zero-order valence-corrected chi connectivity index (χ0v) is 12.8. The average molecular weight is 317 g/mol. The molecule has 0 aliphatic carbocycles. The molecule has 110 valence electrons. The minimum atomic E-state index is -0.826. The first-order valence-corrected chi connectivity index (χ1v) is 7.29. The van der Waals surface area contributed by atoms with Gasteiger partial charge in [0.25, 0.3) is 0 Å². The molecule has 1 fully saturated rings. The Morgan fingerprint density at radius 1 is 1.45 bits per heavy atom. The maximum absolute atomic E-state index is 12.1. The molecule has 1 amide bonds. The monoisotopic (exact) mass is 316 g/mol. The molecule has 2 unspecified atom stereocenters. The number of carbonyl (C=O) groups excluding carboxylic acids is 1. The van der Waals surface area contributed by atoms with Crippen LogP contribution in [0.2, 0.25) is 10.0 Å². The van der Waals surface area contributed by atoms with Crippen LogP contribution < -0.4 is 10.6 Å². The first-order valence-electron chi connectivity index (χ1n) is 6.54. The van der Waals surface area contributed by atoms with Gasteiger partial charge in [0.2, 0.25) is 5.91 Å². The lowest BCUT2D eigenvalue weighted by atomic mass is 9.89. The van der Waals surface area contributed by atoms with Gasteiger partial charge in [0.15, 0.2) is 0 Å². The van der Waals surface area contributed by atoms with E-state index in [0.717, 1.165) is 13.0 Å². The second-order valence-electron chi connectivity index (χ2n) is 5.42. The van der Waals surface area contributed by atoms with Crippen molar-refractivity contribution in [3.63, 3.8) is 0 Å². The molecule has 3 N–H and O–H groups in total. The maximum Gasteiger partial charge on any atom is 0.227 e.